The number of anilines is 2. The summed E-state index contributed by atoms with van der Waals surface area (Å²) in [7, 11) is 0. The molecule has 1 aliphatic heterocycles. The number of carbonyl (C=O) groups is 2. The molecule has 148 valence electrons. The van der Waals surface area contributed by atoms with Crippen molar-refractivity contribution in [1.29, 1.82) is 0 Å². The Hall–Kier alpha value is -2.62. The van der Waals surface area contributed by atoms with Gasteiger partial charge < -0.3 is 5.32 Å². The topological polar surface area (TPSA) is 49.4 Å². The van der Waals surface area contributed by atoms with Crippen LogP contribution in [0.4, 0.5) is 11.4 Å². The van der Waals surface area contributed by atoms with Gasteiger partial charge >= 0.3 is 0 Å². The number of rotatable bonds is 9. The summed E-state index contributed by atoms with van der Waals surface area (Å²) in [6.45, 7) is 4.35. The number of nitrogens with one attached hydrogen (secondary N) is 1. The molecular formula is C24H30N2O2. The van der Waals surface area contributed by atoms with Crippen molar-refractivity contribution in [1.82, 2.24) is 0 Å². The van der Waals surface area contributed by atoms with Crippen LogP contribution in [0.3, 0.4) is 0 Å². The average Bonchev–Trinajstić information content (AvgIpc) is 2.99. The molecule has 2 amide bonds. The van der Waals surface area contributed by atoms with E-state index < -0.39 is 6.04 Å². The van der Waals surface area contributed by atoms with Crippen LogP contribution in [0.2, 0.25) is 0 Å². The molecule has 1 fully saturated rings. The Labute approximate surface area is 167 Å². The van der Waals surface area contributed by atoms with Crippen molar-refractivity contribution in [2.45, 2.75) is 64.8 Å². The highest BCUT2D eigenvalue weighted by molar-refractivity contribution is 6.23. The molecule has 2 aromatic rings. The SMILES string of the molecule is CCCCc1ccc(N[C@@H]2CC(=O)N(c3ccc(CCCC)cc3)C2=O)cc1. The first-order chi connectivity index (χ1) is 13.6. The molecule has 0 spiro atoms. The first-order valence-corrected chi connectivity index (χ1v) is 10.4. The summed E-state index contributed by atoms with van der Waals surface area (Å²) >= 11 is 0. The van der Waals surface area contributed by atoms with Crippen molar-refractivity contribution in [3.8, 4) is 0 Å². The van der Waals surface area contributed by atoms with Gasteiger partial charge in [0.1, 0.15) is 6.04 Å². The lowest BCUT2D eigenvalue weighted by molar-refractivity contribution is -0.121. The lowest BCUT2D eigenvalue weighted by Gasteiger charge is -2.17. The predicted molar refractivity (Wildman–Crippen MR) is 115 cm³/mol. The third-order valence-electron chi connectivity index (χ3n) is 5.27. The van der Waals surface area contributed by atoms with Gasteiger partial charge in [0, 0.05) is 5.69 Å². The van der Waals surface area contributed by atoms with E-state index in [1.54, 1.807) is 0 Å². The van der Waals surface area contributed by atoms with Crippen molar-refractivity contribution < 1.29 is 9.59 Å². The van der Waals surface area contributed by atoms with E-state index in [0.717, 1.165) is 31.4 Å². The molecule has 0 radical (unpaired) electrons. The van der Waals surface area contributed by atoms with Crippen LogP contribution >= 0.6 is 0 Å². The van der Waals surface area contributed by atoms with E-state index >= 15 is 0 Å². The van der Waals surface area contributed by atoms with Gasteiger partial charge in [-0.15, -0.1) is 0 Å². The quantitative estimate of drug-likeness (QED) is 0.617. The van der Waals surface area contributed by atoms with Gasteiger partial charge in [-0.1, -0.05) is 51.0 Å². The number of imide groups is 1. The van der Waals surface area contributed by atoms with Crippen LogP contribution in [0.25, 0.3) is 0 Å². The average molecular weight is 379 g/mol. The molecule has 1 aliphatic rings. The minimum atomic E-state index is -0.506. The van der Waals surface area contributed by atoms with Crippen molar-refractivity contribution in [3.63, 3.8) is 0 Å². The maximum Gasteiger partial charge on any atom is 0.256 e. The van der Waals surface area contributed by atoms with E-state index in [1.165, 1.54) is 28.9 Å². The largest absolute Gasteiger partial charge is 0.373 e. The lowest BCUT2D eigenvalue weighted by atomic mass is 10.1. The van der Waals surface area contributed by atoms with Crippen molar-refractivity contribution in [2.75, 3.05) is 10.2 Å². The molecule has 0 saturated carbocycles. The molecule has 1 heterocycles. The van der Waals surface area contributed by atoms with Gasteiger partial charge in [0.15, 0.2) is 0 Å². The molecule has 2 aromatic carbocycles. The molecule has 28 heavy (non-hydrogen) atoms. The smallest absolute Gasteiger partial charge is 0.256 e. The molecule has 0 bridgehead atoms. The fraction of sp³-hybridized carbons (Fsp3) is 0.417. The Morgan fingerprint density at radius 2 is 1.39 bits per heavy atom. The second-order valence-electron chi connectivity index (χ2n) is 7.54. The number of amides is 2. The summed E-state index contributed by atoms with van der Waals surface area (Å²) < 4.78 is 0. The lowest BCUT2D eigenvalue weighted by Crippen LogP contribution is -2.34. The van der Waals surface area contributed by atoms with E-state index in [0.29, 0.717) is 5.69 Å². The van der Waals surface area contributed by atoms with E-state index in [2.05, 4.69) is 31.3 Å². The van der Waals surface area contributed by atoms with Crippen LogP contribution < -0.4 is 10.2 Å². The van der Waals surface area contributed by atoms with Crippen LogP contribution in [-0.2, 0) is 22.4 Å². The minimum absolute atomic E-state index is 0.150. The molecule has 1 saturated heterocycles. The maximum absolute atomic E-state index is 12.8. The summed E-state index contributed by atoms with van der Waals surface area (Å²) in [6, 6.07) is 15.5. The summed E-state index contributed by atoms with van der Waals surface area (Å²) in [5, 5.41) is 3.23. The highest BCUT2D eigenvalue weighted by atomic mass is 16.2. The molecule has 0 aliphatic carbocycles. The Bertz CT molecular complexity index is 796. The van der Waals surface area contributed by atoms with Crippen LogP contribution in [0.5, 0.6) is 0 Å². The summed E-state index contributed by atoms with van der Waals surface area (Å²) in [5.74, 6) is -0.329. The number of aryl methyl sites for hydroxylation is 2. The molecule has 0 unspecified atom stereocenters. The first kappa shape index (κ1) is 20.1. The fourth-order valence-corrected chi connectivity index (χ4v) is 3.56. The van der Waals surface area contributed by atoms with E-state index in [-0.39, 0.29) is 18.2 Å². The van der Waals surface area contributed by atoms with Crippen LogP contribution in [-0.4, -0.2) is 17.9 Å². The highest BCUT2D eigenvalue weighted by Gasteiger charge is 2.39. The van der Waals surface area contributed by atoms with Crippen LogP contribution in [0, 0.1) is 0 Å². The number of hydrogen-bond acceptors (Lipinski definition) is 3. The van der Waals surface area contributed by atoms with Gasteiger partial charge in [0.05, 0.1) is 12.1 Å². The van der Waals surface area contributed by atoms with Gasteiger partial charge in [-0.3, -0.25) is 9.59 Å². The number of unbranched alkanes of at least 4 members (excludes halogenated alkanes) is 2. The molecule has 4 nitrogen and oxygen atoms in total. The predicted octanol–water partition coefficient (Wildman–Crippen LogP) is 5.12. The zero-order chi connectivity index (χ0) is 19.9. The van der Waals surface area contributed by atoms with Gasteiger partial charge in [-0.05, 0) is 61.1 Å². The standard InChI is InChI=1S/C24H30N2O2/c1-3-5-7-18-9-13-20(14-10-18)25-22-17-23(27)26(24(22)28)21-15-11-19(12-16-21)8-6-4-2/h9-16,22,25H,3-8,17H2,1-2H3/t22-/m1/s1. The molecule has 1 N–H and O–H groups in total. The summed E-state index contributed by atoms with van der Waals surface area (Å²) in [5.41, 5.74) is 4.08. The van der Waals surface area contributed by atoms with Gasteiger partial charge in [0.25, 0.3) is 5.91 Å². The highest BCUT2D eigenvalue weighted by Crippen LogP contribution is 2.26. The summed E-state index contributed by atoms with van der Waals surface area (Å²) in [6.07, 6.45) is 6.93. The Morgan fingerprint density at radius 1 is 0.857 bits per heavy atom. The van der Waals surface area contributed by atoms with Gasteiger partial charge in [-0.2, -0.15) is 0 Å². The molecule has 3 rings (SSSR count). The Balaban J connectivity index is 1.64. The Morgan fingerprint density at radius 3 is 1.93 bits per heavy atom. The Kier molecular flexibility index (Phi) is 6.85. The van der Waals surface area contributed by atoms with Crippen molar-refractivity contribution >= 4 is 23.2 Å². The van der Waals surface area contributed by atoms with Gasteiger partial charge in [0.2, 0.25) is 5.91 Å². The van der Waals surface area contributed by atoms with Crippen LogP contribution in [0.15, 0.2) is 48.5 Å². The second kappa shape index (κ2) is 9.54. The van der Waals surface area contributed by atoms with Crippen molar-refractivity contribution in [3.05, 3.63) is 59.7 Å². The molecule has 1 atom stereocenters. The van der Waals surface area contributed by atoms with E-state index in [9.17, 15) is 9.59 Å². The number of carbonyl (C=O) groups excluding carboxylic acids is 2. The number of benzene rings is 2. The fourth-order valence-electron chi connectivity index (χ4n) is 3.56. The first-order valence-electron chi connectivity index (χ1n) is 10.4. The zero-order valence-electron chi connectivity index (χ0n) is 16.9. The second-order valence-corrected chi connectivity index (χ2v) is 7.54. The van der Waals surface area contributed by atoms with E-state index in [1.807, 2.05) is 36.4 Å². The zero-order valence-corrected chi connectivity index (χ0v) is 16.9. The third-order valence-corrected chi connectivity index (χ3v) is 5.27. The monoisotopic (exact) mass is 378 g/mol. The molecule has 0 aromatic heterocycles. The summed E-state index contributed by atoms with van der Waals surface area (Å²) in [4.78, 5) is 26.6. The number of hydrogen-bond donors (Lipinski definition) is 1. The van der Waals surface area contributed by atoms with E-state index in [4.69, 9.17) is 0 Å². The van der Waals surface area contributed by atoms with Gasteiger partial charge in [-0.25, -0.2) is 4.90 Å². The minimum Gasteiger partial charge on any atom is -0.373 e. The number of nitrogens with zero attached hydrogens (tertiary/aromatic N) is 1. The van der Waals surface area contributed by atoms with Crippen LogP contribution in [0.1, 0.15) is 57.1 Å². The normalized spacial score (nSPS) is 16.6. The third kappa shape index (κ3) is 4.80. The van der Waals surface area contributed by atoms with Crippen molar-refractivity contribution in [2.24, 2.45) is 0 Å². The molecule has 4 heteroatoms. The maximum atomic E-state index is 12.8. The molecular weight excluding hydrogens is 348 g/mol.